The number of hydrogen-bond acceptors (Lipinski definition) is 7. The van der Waals surface area contributed by atoms with Crippen molar-refractivity contribution in [2.45, 2.75) is 40.7 Å². The topological polar surface area (TPSA) is 103 Å². The van der Waals surface area contributed by atoms with Gasteiger partial charge < -0.3 is 24.8 Å². The molecule has 2 aromatic carbocycles. The van der Waals surface area contributed by atoms with Crippen molar-refractivity contribution in [3.05, 3.63) is 70.1 Å². The number of amides is 2. The van der Waals surface area contributed by atoms with Crippen LogP contribution in [0.25, 0.3) is 0 Å². The Morgan fingerprint density at radius 3 is 2.14 bits per heavy atom. The number of nitrogens with one attached hydrogen (secondary N) is 2. The molecule has 9 heteroatoms. The highest BCUT2D eigenvalue weighted by molar-refractivity contribution is 7.16. The van der Waals surface area contributed by atoms with E-state index in [-0.39, 0.29) is 18.4 Å². The lowest BCUT2D eigenvalue weighted by Gasteiger charge is -2.15. The van der Waals surface area contributed by atoms with Crippen LogP contribution in [0.3, 0.4) is 0 Å². The zero-order chi connectivity index (χ0) is 26.2. The van der Waals surface area contributed by atoms with E-state index in [4.69, 9.17) is 14.2 Å². The first-order valence-corrected chi connectivity index (χ1v) is 12.4. The van der Waals surface area contributed by atoms with Crippen molar-refractivity contribution in [2.24, 2.45) is 0 Å². The van der Waals surface area contributed by atoms with E-state index in [1.54, 1.807) is 62.4 Å². The smallest absolute Gasteiger partial charge is 0.341 e. The molecule has 3 aromatic rings. The van der Waals surface area contributed by atoms with Crippen LogP contribution < -0.4 is 20.1 Å². The summed E-state index contributed by atoms with van der Waals surface area (Å²) in [4.78, 5) is 38.6. The van der Waals surface area contributed by atoms with Crippen LogP contribution in [0, 0.1) is 13.8 Å². The first kappa shape index (κ1) is 26.7. The van der Waals surface area contributed by atoms with Crippen molar-refractivity contribution < 1.29 is 28.6 Å². The van der Waals surface area contributed by atoms with Gasteiger partial charge in [0.05, 0.1) is 18.8 Å². The van der Waals surface area contributed by atoms with Gasteiger partial charge in [-0.25, -0.2) is 4.79 Å². The second-order valence-electron chi connectivity index (χ2n) is 7.89. The van der Waals surface area contributed by atoms with Crippen LogP contribution in [0.15, 0.2) is 48.5 Å². The second kappa shape index (κ2) is 12.2. The molecule has 190 valence electrons. The largest absolute Gasteiger partial charge is 0.494 e. The monoisotopic (exact) mass is 510 g/mol. The Hall–Kier alpha value is -3.85. The number of carbonyl (C=O) groups excluding carboxylic acids is 3. The first-order valence-electron chi connectivity index (χ1n) is 11.6. The highest BCUT2D eigenvalue weighted by Gasteiger charge is 2.22. The first-order chi connectivity index (χ1) is 17.2. The Balaban J connectivity index is 1.61. The van der Waals surface area contributed by atoms with E-state index in [9.17, 15) is 14.4 Å². The van der Waals surface area contributed by atoms with Crippen molar-refractivity contribution in [3.8, 4) is 11.5 Å². The minimum absolute atomic E-state index is 0.249. The molecule has 0 bridgehead atoms. The summed E-state index contributed by atoms with van der Waals surface area (Å²) in [5.74, 6) is 0.0303. The normalized spacial score (nSPS) is 11.4. The van der Waals surface area contributed by atoms with Gasteiger partial charge in [0.25, 0.3) is 11.8 Å². The minimum atomic E-state index is -0.763. The lowest BCUT2D eigenvalue weighted by atomic mass is 10.1. The SMILES string of the molecule is CCOC(=O)c1c(NC(=O)c2ccc(O[C@H](C)C(=O)Nc3ccc(OCC)cc3)cc2)sc(C)c1C. The van der Waals surface area contributed by atoms with E-state index in [1.807, 2.05) is 20.8 Å². The molecule has 36 heavy (non-hydrogen) atoms. The maximum absolute atomic E-state index is 12.8. The molecule has 0 saturated carbocycles. The fraction of sp³-hybridized carbons (Fsp3) is 0.296. The van der Waals surface area contributed by atoms with Gasteiger partial charge in [-0.3, -0.25) is 9.59 Å². The molecule has 0 aliphatic heterocycles. The van der Waals surface area contributed by atoms with Crippen LogP contribution in [0.1, 0.15) is 51.9 Å². The minimum Gasteiger partial charge on any atom is -0.494 e. The Morgan fingerprint density at radius 1 is 0.889 bits per heavy atom. The summed E-state index contributed by atoms with van der Waals surface area (Å²) in [6.07, 6.45) is -0.763. The summed E-state index contributed by atoms with van der Waals surface area (Å²) in [7, 11) is 0. The molecule has 0 unspecified atom stereocenters. The van der Waals surface area contributed by atoms with Crippen LogP contribution >= 0.6 is 11.3 Å². The number of thiophene rings is 1. The third-order valence-electron chi connectivity index (χ3n) is 5.32. The average Bonchev–Trinajstić information content (AvgIpc) is 3.13. The predicted molar refractivity (Wildman–Crippen MR) is 140 cm³/mol. The Morgan fingerprint density at radius 2 is 1.53 bits per heavy atom. The molecule has 3 rings (SSSR count). The molecular formula is C27H30N2O6S. The van der Waals surface area contributed by atoms with Gasteiger partial charge in [-0.1, -0.05) is 0 Å². The van der Waals surface area contributed by atoms with Gasteiger partial charge in [-0.2, -0.15) is 0 Å². The molecule has 0 saturated heterocycles. The molecule has 1 aromatic heterocycles. The number of carbonyl (C=O) groups is 3. The molecule has 0 radical (unpaired) electrons. The summed E-state index contributed by atoms with van der Waals surface area (Å²) in [6, 6.07) is 13.5. The zero-order valence-corrected chi connectivity index (χ0v) is 21.8. The van der Waals surface area contributed by atoms with Gasteiger partial charge in [0.15, 0.2) is 6.10 Å². The van der Waals surface area contributed by atoms with Crippen LogP contribution in [-0.2, 0) is 9.53 Å². The summed E-state index contributed by atoms with van der Waals surface area (Å²) in [5, 5.41) is 6.06. The Labute approximate surface area is 214 Å². The molecule has 8 nitrogen and oxygen atoms in total. The third kappa shape index (κ3) is 6.63. The van der Waals surface area contributed by atoms with Crippen molar-refractivity contribution in [3.63, 3.8) is 0 Å². The number of anilines is 2. The number of esters is 1. The van der Waals surface area contributed by atoms with Crippen LogP contribution in [0.5, 0.6) is 11.5 Å². The maximum atomic E-state index is 12.8. The van der Waals surface area contributed by atoms with Gasteiger partial charge in [0.2, 0.25) is 0 Å². The van der Waals surface area contributed by atoms with E-state index in [0.717, 1.165) is 16.2 Å². The lowest BCUT2D eigenvalue weighted by Crippen LogP contribution is -2.30. The number of aryl methyl sites for hydroxylation is 1. The van der Waals surface area contributed by atoms with Crippen LogP contribution in [0.2, 0.25) is 0 Å². The van der Waals surface area contributed by atoms with Gasteiger partial charge in [0.1, 0.15) is 16.5 Å². The number of benzene rings is 2. The molecule has 2 N–H and O–H groups in total. The van der Waals surface area contributed by atoms with E-state index in [1.165, 1.54) is 11.3 Å². The van der Waals surface area contributed by atoms with E-state index in [2.05, 4.69) is 10.6 Å². The van der Waals surface area contributed by atoms with E-state index < -0.39 is 12.1 Å². The van der Waals surface area contributed by atoms with Crippen molar-refractivity contribution in [1.82, 2.24) is 0 Å². The van der Waals surface area contributed by atoms with Gasteiger partial charge in [-0.15, -0.1) is 11.3 Å². The Bertz CT molecular complexity index is 1220. The molecule has 2 amide bonds. The van der Waals surface area contributed by atoms with Crippen molar-refractivity contribution in [2.75, 3.05) is 23.8 Å². The summed E-state index contributed by atoms with van der Waals surface area (Å²) in [5.41, 5.74) is 2.18. The second-order valence-corrected chi connectivity index (χ2v) is 9.12. The number of ether oxygens (including phenoxy) is 3. The molecule has 0 spiro atoms. The van der Waals surface area contributed by atoms with Crippen molar-refractivity contribution in [1.29, 1.82) is 0 Å². The highest BCUT2D eigenvalue weighted by atomic mass is 32.1. The molecule has 0 aliphatic rings. The van der Waals surface area contributed by atoms with Gasteiger partial charge >= 0.3 is 5.97 Å². The van der Waals surface area contributed by atoms with E-state index >= 15 is 0 Å². The zero-order valence-electron chi connectivity index (χ0n) is 21.0. The quantitative estimate of drug-likeness (QED) is 0.344. The maximum Gasteiger partial charge on any atom is 0.341 e. The van der Waals surface area contributed by atoms with Gasteiger partial charge in [-0.05, 0) is 88.7 Å². The summed E-state index contributed by atoms with van der Waals surface area (Å²) >= 11 is 1.33. The molecule has 0 aliphatic carbocycles. The molecular weight excluding hydrogens is 480 g/mol. The predicted octanol–water partition coefficient (Wildman–Crippen LogP) is 5.60. The van der Waals surface area contributed by atoms with E-state index in [0.29, 0.717) is 34.2 Å². The van der Waals surface area contributed by atoms with Crippen LogP contribution in [0.4, 0.5) is 10.7 Å². The standard InChI is InChI=1S/C27H30N2O6S/c1-6-33-21-14-10-20(11-15-21)28-24(30)17(4)35-22-12-8-19(9-13-22)25(31)29-26-23(27(32)34-7-2)16(3)18(5)36-26/h8-15,17H,6-7H2,1-5H3,(H,28,30)(H,29,31)/t17-/m1/s1. The lowest BCUT2D eigenvalue weighted by molar-refractivity contribution is -0.122. The highest BCUT2D eigenvalue weighted by Crippen LogP contribution is 2.33. The molecule has 1 atom stereocenters. The summed E-state index contributed by atoms with van der Waals surface area (Å²) < 4.78 is 16.3. The third-order valence-corrected chi connectivity index (χ3v) is 6.45. The summed E-state index contributed by atoms with van der Waals surface area (Å²) in [6.45, 7) is 9.81. The fourth-order valence-electron chi connectivity index (χ4n) is 3.33. The average molecular weight is 511 g/mol. The van der Waals surface area contributed by atoms with Crippen molar-refractivity contribution >= 4 is 39.8 Å². The van der Waals surface area contributed by atoms with Gasteiger partial charge in [0, 0.05) is 16.1 Å². The van der Waals surface area contributed by atoms with Crippen LogP contribution in [-0.4, -0.2) is 37.1 Å². The number of hydrogen-bond donors (Lipinski definition) is 2. The fourth-order valence-corrected chi connectivity index (χ4v) is 4.37. The Kier molecular flexibility index (Phi) is 9.08. The molecule has 0 fully saturated rings. The number of rotatable bonds is 10. The molecule has 1 heterocycles.